The third kappa shape index (κ3) is 3.34. The Labute approximate surface area is 138 Å². The van der Waals surface area contributed by atoms with E-state index < -0.39 is 0 Å². The van der Waals surface area contributed by atoms with Crippen LogP contribution in [0.15, 0.2) is 39.3 Å². The molecule has 0 atom stereocenters. The number of hydrogen-bond donors (Lipinski definition) is 2. The van der Waals surface area contributed by atoms with E-state index in [1.54, 1.807) is 24.3 Å². The normalized spacial score (nSPS) is 10.4. The first-order chi connectivity index (χ1) is 9.38. The summed E-state index contributed by atoms with van der Waals surface area (Å²) in [6.45, 7) is 1.89. The van der Waals surface area contributed by atoms with E-state index in [-0.39, 0.29) is 5.91 Å². The highest BCUT2D eigenvalue weighted by atomic mass is 79.9. The Hall–Kier alpha value is -1.04. The number of nitrogen functional groups attached to an aromatic ring is 1. The molecule has 0 saturated carbocycles. The molecule has 0 aliphatic rings. The highest BCUT2D eigenvalue weighted by Crippen LogP contribution is 2.30. The lowest BCUT2D eigenvalue weighted by atomic mass is 10.1. The van der Waals surface area contributed by atoms with Gasteiger partial charge in [-0.05, 0) is 58.7 Å². The van der Waals surface area contributed by atoms with E-state index in [4.69, 9.17) is 17.3 Å². The number of carbonyl (C=O) groups is 1. The Kier molecular flexibility index (Phi) is 4.73. The van der Waals surface area contributed by atoms with Gasteiger partial charge in [-0.25, -0.2) is 0 Å². The van der Waals surface area contributed by atoms with Crippen LogP contribution in [0.4, 0.5) is 11.4 Å². The summed E-state index contributed by atoms with van der Waals surface area (Å²) < 4.78 is 1.59. The molecule has 0 radical (unpaired) electrons. The fourth-order valence-electron chi connectivity index (χ4n) is 1.67. The number of nitrogens with one attached hydrogen (secondary N) is 1. The summed E-state index contributed by atoms with van der Waals surface area (Å²) in [5.74, 6) is -0.282. The van der Waals surface area contributed by atoms with Gasteiger partial charge in [0.25, 0.3) is 5.91 Å². The smallest absolute Gasteiger partial charge is 0.257 e. The van der Waals surface area contributed by atoms with Gasteiger partial charge >= 0.3 is 0 Å². The van der Waals surface area contributed by atoms with E-state index in [9.17, 15) is 4.79 Å². The molecule has 6 heteroatoms. The van der Waals surface area contributed by atoms with Gasteiger partial charge in [0, 0.05) is 19.7 Å². The Balaban J connectivity index is 2.30. The van der Waals surface area contributed by atoms with Crippen molar-refractivity contribution in [2.45, 2.75) is 6.92 Å². The summed E-state index contributed by atoms with van der Waals surface area (Å²) >= 11 is 12.8. The Morgan fingerprint density at radius 1 is 1.25 bits per heavy atom. The van der Waals surface area contributed by atoms with E-state index >= 15 is 0 Å². The molecule has 0 aromatic heterocycles. The monoisotopic (exact) mass is 416 g/mol. The lowest BCUT2D eigenvalue weighted by molar-refractivity contribution is 0.102. The first-order valence-electron chi connectivity index (χ1n) is 5.70. The summed E-state index contributed by atoms with van der Waals surface area (Å²) in [5, 5.41) is 3.38. The number of anilines is 2. The van der Waals surface area contributed by atoms with Crippen LogP contribution >= 0.6 is 43.5 Å². The average Bonchev–Trinajstić information content (AvgIpc) is 2.35. The van der Waals surface area contributed by atoms with Crippen LogP contribution in [0.1, 0.15) is 15.9 Å². The molecular formula is C14H11Br2ClN2O. The highest BCUT2D eigenvalue weighted by Gasteiger charge is 2.12. The highest BCUT2D eigenvalue weighted by molar-refractivity contribution is 9.10. The number of rotatable bonds is 2. The maximum Gasteiger partial charge on any atom is 0.257 e. The van der Waals surface area contributed by atoms with Crippen molar-refractivity contribution in [1.29, 1.82) is 0 Å². The van der Waals surface area contributed by atoms with Crippen LogP contribution in [0.25, 0.3) is 0 Å². The lowest BCUT2D eigenvalue weighted by Crippen LogP contribution is -2.14. The maximum absolute atomic E-state index is 12.2. The van der Waals surface area contributed by atoms with E-state index in [2.05, 4.69) is 37.2 Å². The average molecular weight is 419 g/mol. The first kappa shape index (κ1) is 15.4. The molecule has 2 rings (SSSR count). The van der Waals surface area contributed by atoms with Gasteiger partial charge in [-0.2, -0.15) is 0 Å². The SMILES string of the molecule is Cc1cc(Br)c(NC(=O)c2ccc(Br)cc2N)cc1Cl. The molecule has 3 N–H and O–H groups in total. The van der Waals surface area contributed by atoms with Gasteiger partial charge in [0.05, 0.1) is 11.3 Å². The molecule has 2 aromatic rings. The lowest BCUT2D eigenvalue weighted by Gasteiger charge is -2.11. The minimum Gasteiger partial charge on any atom is -0.398 e. The summed E-state index contributed by atoms with van der Waals surface area (Å²) in [7, 11) is 0. The quantitative estimate of drug-likeness (QED) is 0.674. The Bertz CT molecular complexity index is 689. The topological polar surface area (TPSA) is 55.1 Å². The molecule has 0 fully saturated rings. The maximum atomic E-state index is 12.2. The molecule has 0 aliphatic carbocycles. The number of halogens is 3. The van der Waals surface area contributed by atoms with Crippen LogP contribution in [-0.2, 0) is 0 Å². The Morgan fingerprint density at radius 2 is 1.95 bits per heavy atom. The molecule has 20 heavy (non-hydrogen) atoms. The van der Waals surface area contributed by atoms with Crippen molar-refractivity contribution in [2.75, 3.05) is 11.1 Å². The minimum absolute atomic E-state index is 0.282. The van der Waals surface area contributed by atoms with Gasteiger partial charge in [0.2, 0.25) is 0 Å². The molecule has 0 bridgehead atoms. The molecule has 1 amide bonds. The zero-order chi connectivity index (χ0) is 14.9. The molecule has 104 valence electrons. The summed E-state index contributed by atoms with van der Waals surface area (Å²) in [6, 6.07) is 8.67. The molecule has 0 spiro atoms. The number of nitrogens with two attached hydrogens (primary N) is 1. The molecule has 0 aliphatic heterocycles. The predicted octanol–water partition coefficient (Wildman–Crippen LogP) is 5.01. The predicted molar refractivity (Wildman–Crippen MR) is 90.4 cm³/mol. The fourth-order valence-corrected chi connectivity index (χ4v) is 2.77. The number of benzene rings is 2. The van der Waals surface area contributed by atoms with Crippen LogP contribution in [0.3, 0.4) is 0 Å². The van der Waals surface area contributed by atoms with E-state index in [0.717, 1.165) is 14.5 Å². The van der Waals surface area contributed by atoms with E-state index in [1.165, 1.54) is 0 Å². The van der Waals surface area contributed by atoms with Gasteiger partial charge in [-0.15, -0.1) is 0 Å². The number of amides is 1. The van der Waals surface area contributed by atoms with E-state index in [0.29, 0.717) is 22.0 Å². The fraction of sp³-hybridized carbons (Fsp3) is 0.0714. The standard InChI is InChI=1S/C14H11Br2ClN2O/c1-7-4-10(16)13(6-11(7)17)19-14(20)9-3-2-8(15)5-12(9)18/h2-6H,18H2,1H3,(H,19,20). The van der Waals surface area contributed by atoms with Crippen molar-refractivity contribution >= 4 is 60.7 Å². The van der Waals surface area contributed by atoms with Gasteiger partial charge in [-0.3, -0.25) is 4.79 Å². The van der Waals surface area contributed by atoms with E-state index in [1.807, 2.05) is 13.0 Å². The summed E-state index contributed by atoms with van der Waals surface area (Å²) in [6.07, 6.45) is 0. The third-order valence-corrected chi connectivity index (χ3v) is 4.31. The molecule has 0 unspecified atom stereocenters. The van der Waals surface area contributed by atoms with Crippen LogP contribution < -0.4 is 11.1 Å². The second-order valence-electron chi connectivity index (χ2n) is 4.27. The molecule has 0 heterocycles. The number of hydrogen-bond acceptors (Lipinski definition) is 2. The molecule has 2 aromatic carbocycles. The van der Waals surface area contributed by atoms with Gasteiger partial charge in [0.1, 0.15) is 0 Å². The van der Waals surface area contributed by atoms with Crippen LogP contribution in [0, 0.1) is 6.92 Å². The van der Waals surface area contributed by atoms with Crippen molar-refractivity contribution in [3.05, 3.63) is 55.4 Å². The Morgan fingerprint density at radius 3 is 2.60 bits per heavy atom. The molecular weight excluding hydrogens is 407 g/mol. The van der Waals surface area contributed by atoms with Gasteiger partial charge in [-0.1, -0.05) is 27.5 Å². The van der Waals surface area contributed by atoms with Crippen molar-refractivity contribution in [1.82, 2.24) is 0 Å². The largest absolute Gasteiger partial charge is 0.398 e. The molecule has 0 saturated heterocycles. The van der Waals surface area contributed by atoms with Crippen LogP contribution in [0.2, 0.25) is 5.02 Å². The van der Waals surface area contributed by atoms with Crippen LogP contribution in [0.5, 0.6) is 0 Å². The first-order valence-corrected chi connectivity index (χ1v) is 7.67. The second kappa shape index (κ2) is 6.16. The van der Waals surface area contributed by atoms with Crippen molar-refractivity contribution in [2.24, 2.45) is 0 Å². The van der Waals surface area contributed by atoms with Crippen molar-refractivity contribution in [3.8, 4) is 0 Å². The summed E-state index contributed by atoms with van der Waals surface area (Å²) in [5.41, 5.74) is 8.20. The second-order valence-corrected chi connectivity index (χ2v) is 6.44. The summed E-state index contributed by atoms with van der Waals surface area (Å²) in [4.78, 5) is 12.2. The van der Waals surface area contributed by atoms with Crippen molar-refractivity contribution in [3.63, 3.8) is 0 Å². The zero-order valence-electron chi connectivity index (χ0n) is 10.5. The van der Waals surface area contributed by atoms with Gasteiger partial charge in [0.15, 0.2) is 0 Å². The third-order valence-electron chi connectivity index (χ3n) is 2.75. The number of carbonyl (C=O) groups excluding carboxylic acids is 1. The molecule has 3 nitrogen and oxygen atoms in total. The minimum atomic E-state index is -0.282. The number of aryl methyl sites for hydroxylation is 1. The van der Waals surface area contributed by atoms with Crippen LogP contribution in [-0.4, -0.2) is 5.91 Å². The van der Waals surface area contributed by atoms with Crippen molar-refractivity contribution < 1.29 is 4.79 Å². The van der Waals surface area contributed by atoms with Gasteiger partial charge < -0.3 is 11.1 Å². The zero-order valence-corrected chi connectivity index (χ0v) is 14.4.